The molecule has 2 aromatic carbocycles. The summed E-state index contributed by atoms with van der Waals surface area (Å²) < 4.78 is 26.9. The predicted octanol–water partition coefficient (Wildman–Crippen LogP) is 2.45. The summed E-state index contributed by atoms with van der Waals surface area (Å²) in [7, 11) is -3.87. The van der Waals surface area contributed by atoms with E-state index < -0.39 is 21.0 Å². The third kappa shape index (κ3) is 3.91. The first-order valence-electron chi connectivity index (χ1n) is 6.56. The Balaban J connectivity index is 2.26. The zero-order valence-electron chi connectivity index (χ0n) is 12.1. The van der Waals surface area contributed by atoms with Gasteiger partial charge in [-0.1, -0.05) is 17.7 Å². The van der Waals surface area contributed by atoms with Gasteiger partial charge in [0.05, 0.1) is 15.9 Å². The van der Waals surface area contributed by atoms with E-state index in [-0.39, 0.29) is 10.6 Å². The number of rotatable bonds is 5. The molecule has 0 fully saturated rings. The highest BCUT2D eigenvalue weighted by Gasteiger charge is 2.21. The number of nitro groups is 1. The van der Waals surface area contributed by atoms with Gasteiger partial charge in [0.1, 0.15) is 6.04 Å². The SMILES string of the molecule is Cc1ccc(S(=O)(=O)NC(C#N)c2ccc([N+](=O)[O-])cc2)cc1. The van der Waals surface area contributed by atoms with E-state index in [4.69, 9.17) is 0 Å². The zero-order valence-corrected chi connectivity index (χ0v) is 12.9. The van der Waals surface area contributed by atoms with E-state index in [1.807, 2.05) is 13.0 Å². The number of nitriles is 1. The van der Waals surface area contributed by atoms with Gasteiger partial charge in [0, 0.05) is 12.1 Å². The van der Waals surface area contributed by atoms with Gasteiger partial charge in [-0.25, -0.2) is 8.42 Å². The summed E-state index contributed by atoms with van der Waals surface area (Å²) in [5.74, 6) is 0. The Morgan fingerprint density at radius 3 is 2.17 bits per heavy atom. The van der Waals surface area contributed by atoms with E-state index in [1.54, 1.807) is 12.1 Å². The quantitative estimate of drug-likeness (QED) is 0.668. The second-order valence-corrected chi connectivity index (χ2v) is 6.56. The number of nitro benzene ring substituents is 1. The minimum absolute atomic E-state index is 0.0465. The molecule has 8 heteroatoms. The first-order chi connectivity index (χ1) is 10.8. The Bertz CT molecular complexity index is 853. The largest absolute Gasteiger partial charge is 0.269 e. The molecule has 0 aromatic heterocycles. The molecule has 0 saturated carbocycles. The van der Waals surface area contributed by atoms with Crippen LogP contribution in [0.15, 0.2) is 53.4 Å². The van der Waals surface area contributed by atoms with Crippen LogP contribution in [-0.2, 0) is 10.0 Å². The molecular weight excluding hydrogens is 318 g/mol. The average molecular weight is 331 g/mol. The van der Waals surface area contributed by atoms with Gasteiger partial charge in [0.15, 0.2) is 0 Å². The van der Waals surface area contributed by atoms with Gasteiger partial charge in [-0.3, -0.25) is 10.1 Å². The first-order valence-corrected chi connectivity index (χ1v) is 8.05. The van der Waals surface area contributed by atoms with Crippen molar-refractivity contribution in [2.45, 2.75) is 17.9 Å². The highest BCUT2D eigenvalue weighted by atomic mass is 32.2. The average Bonchev–Trinajstić information content (AvgIpc) is 2.53. The fourth-order valence-electron chi connectivity index (χ4n) is 1.90. The molecule has 0 aliphatic heterocycles. The molecule has 0 spiro atoms. The Hall–Kier alpha value is -2.76. The van der Waals surface area contributed by atoms with Crippen molar-refractivity contribution in [3.63, 3.8) is 0 Å². The molecule has 0 bridgehead atoms. The molecule has 0 aliphatic rings. The Labute approximate surface area is 133 Å². The van der Waals surface area contributed by atoms with Gasteiger partial charge < -0.3 is 0 Å². The molecule has 1 unspecified atom stereocenters. The van der Waals surface area contributed by atoms with Crippen molar-refractivity contribution in [3.8, 4) is 6.07 Å². The lowest BCUT2D eigenvalue weighted by Gasteiger charge is -2.12. The summed E-state index contributed by atoms with van der Waals surface area (Å²) in [6.45, 7) is 1.83. The smallest absolute Gasteiger partial charge is 0.258 e. The molecule has 0 radical (unpaired) electrons. The van der Waals surface area contributed by atoms with Crippen molar-refractivity contribution in [1.29, 1.82) is 5.26 Å². The molecule has 0 aliphatic carbocycles. The maximum atomic E-state index is 12.3. The van der Waals surface area contributed by atoms with Crippen molar-refractivity contribution in [1.82, 2.24) is 4.72 Å². The fourth-order valence-corrected chi connectivity index (χ4v) is 3.03. The van der Waals surface area contributed by atoms with Gasteiger partial charge in [0.2, 0.25) is 10.0 Å². The van der Waals surface area contributed by atoms with Crippen molar-refractivity contribution in [2.75, 3.05) is 0 Å². The molecule has 118 valence electrons. The summed E-state index contributed by atoms with van der Waals surface area (Å²) in [5, 5.41) is 19.8. The number of non-ortho nitro benzene ring substituents is 1. The number of benzene rings is 2. The van der Waals surface area contributed by atoms with E-state index in [9.17, 15) is 23.8 Å². The molecule has 2 rings (SSSR count). The normalized spacial score (nSPS) is 12.3. The van der Waals surface area contributed by atoms with Crippen LogP contribution < -0.4 is 4.72 Å². The molecule has 7 nitrogen and oxygen atoms in total. The molecular formula is C15H13N3O4S. The van der Waals surface area contributed by atoms with Gasteiger partial charge >= 0.3 is 0 Å². The molecule has 0 saturated heterocycles. The van der Waals surface area contributed by atoms with E-state index in [1.165, 1.54) is 36.4 Å². The standard InChI is InChI=1S/C15H13N3O4S/c1-11-2-8-14(9-3-11)23(21,22)17-15(10-16)12-4-6-13(7-5-12)18(19)20/h2-9,15,17H,1H3. The third-order valence-corrected chi connectivity index (χ3v) is 4.61. The second kappa shape index (κ2) is 6.56. The van der Waals surface area contributed by atoms with Crippen LogP contribution in [0, 0.1) is 28.4 Å². The molecule has 0 amide bonds. The Kier molecular flexibility index (Phi) is 4.74. The molecule has 1 atom stereocenters. The minimum Gasteiger partial charge on any atom is -0.258 e. The summed E-state index contributed by atoms with van der Waals surface area (Å²) >= 11 is 0. The third-order valence-electron chi connectivity index (χ3n) is 3.17. The van der Waals surface area contributed by atoms with E-state index in [0.717, 1.165) is 5.56 Å². The fraction of sp³-hybridized carbons (Fsp3) is 0.133. The summed E-state index contributed by atoms with van der Waals surface area (Å²) in [6, 6.07) is 12.1. The van der Waals surface area contributed by atoms with Crippen LogP contribution in [-0.4, -0.2) is 13.3 Å². The van der Waals surface area contributed by atoms with Crippen LogP contribution in [0.5, 0.6) is 0 Å². The summed E-state index contributed by atoms with van der Waals surface area (Å²) in [5.41, 5.74) is 1.11. The lowest BCUT2D eigenvalue weighted by atomic mass is 10.1. The topological polar surface area (TPSA) is 113 Å². The van der Waals surface area contributed by atoms with Gasteiger partial charge in [-0.05, 0) is 36.8 Å². The lowest BCUT2D eigenvalue weighted by molar-refractivity contribution is -0.384. The van der Waals surface area contributed by atoms with Crippen LogP contribution in [0.4, 0.5) is 5.69 Å². The number of nitrogens with zero attached hydrogens (tertiary/aromatic N) is 2. The highest BCUT2D eigenvalue weighted by molar-refractivity contribution is 7.89. The number of hydrogen-bond donors (Lipinski definition) is 1. The zero-order chi connectivity index (χ0) is 17.0. The first kappa shape index (κ1) is 16.6. The summed E-state index contributed by atoms with van der Waals surface area (Å²) in [4.78, 5) is 10.1. The van der Waals surface area contributed by atoms with Gasteiger partial charge in [-0.2, -0.15) is 9.98 Å². The van der Waals surface area contributed by atoms with Gasteiger partial charge in [0.25, 0.3) is 5.69 Å². The van der Waals surface area contributed by atoms with E-state index in [2.05, 4.69) is 4.72 Å². The van der Waals surface area contributed by atoms with Crippen molar-refractivity contribution < 1.29 is 13.3 Å². The van der Waals surface area contributed by atoms with Crippen LogP contribution in [0.3, 0.4) is 0 Å². The van der Waals surface area contributed by atoms with E-state index >= 15 is 0 Å². The molecule has 1 N–H and O–H groups in total. The van der Waals surface area contributed by atoms with Crippen LogP contribution in [0.2, 0.25) is 0 Å². The van der Waals surface area contributed by atoms with Gasteiger partial charge in [-0.15, -0.1) is 0 Å². The van der Waals surface area contributed by atoms with Crippen molar-refractivity contribution in [3.05, 3.63) is 69.8 Å². The number of nitrogens with one attached hydrogen (secondary N) is 1. The molecule has 2 aromatic rings. The molecule has 23 heavy (non-hydrogen) atoms. The van der Waals surface area contributed by atoms with Crippen molar-refractivity contribution >= 4 is 15.7 Å². The number of sulfonamides is 1. The van der Waals surface area contributed by atoms with E-state index in [0.29, 0.717) is 5.56 Å². The maximum absolute atomic E-state index is 12.3. The van der Waals surface area contributed by atoms with Crippen molar-refractivity contribution in [2.24, 2.45) is 0 Å². The number of aryl methyl sites for hydroxylation is 1. The highest BCUT2D eigenvalue weighted by Crippen LogP contribution is 2.20. The second-order valence-electron chi connectivity index (χ2n) is 4.85. The monoisotopic (exact) mass is 331 g/mol. The molecule has 0 heterocycles. The maximum Gasteiger partial charge on any atom is 0.269 e. The summed E-state index contributed by atoms with van der Waals surface area (Å²) in [6.07, 6.45) is 0. The Morgan fingerprint density at radius 1 is 1.13 bits per heavy atom. The van der Waals surface area contributed by atoms with Crippen LogP contribution in [0.25, 0.3) is 0 Å². The lowest BCUT2D eigenvalue weighted by Crippen LogP contribution is -2.27. The Morgan fingerprint density at radius 2 is 1.70 bits per heavy atom. The van der Waals surface area contributed by atoms with Crippen LogP contribution in [0.1, 0.15) is 17.2 Å². The number of hydrogen-bond acceptors (Lipinski definition) is 5. The minimum atomic E-state index is -3.87. The predicted molar refractivity (Wildman–Crippen MR) is 83.0 cm³/mol. The van der Waals surface area contributed by atoms with Crippen LogP contribution >= 0.6 is 0 Å².